The minimum atomic E-state index is -0.451. The molecule has 3 rings (SSSR count). The van der Waals surface area contributed by atoms with Gasteiger partial charge in [-0.1, -0.05) is 0 Å². The van der Waals surface area contributed by atoms with E-state index in [0.717, 1.165) is 18.6 Å². The van der Waals surface area contributed by atoms with Crippen molar-refractivity contribution >= 4 is 5.91 Å². The first-order valence-corrected chi connectivity index (χ1v) is 7.53. The number of ether oxygens (including phenoxy) is 4. The minimum absolute atomic E-state index is 0.0105. The average molecular weight is 307 g/mol. The van der Waals surface area contributed by atoms with Crippen molar-refractivity contribution in [2.75, 3.05) is 40.0 Å². The Morgan fingerprint density at radius 2 is 1.73 bits per heavy atom. The molecule has 1 aromatic rings. The highest BCUT2D eigenvalue weighted by atomic mass is 16.7. The maximum absolute atomic E-state index is 12.2. The largest absolute Gasteiger partial charge is 0.497 e. The molecule has 22 heavy (non-hydrogen) atoms. The fourth-order valence-corrected chi connectivity index (χ4v) is 2.79. The Kier molecular flexibility index (Phi) is 4.49. The van der Waals surface area contributed by atoms with Gasteiger partial charge in [-0.05, 0) is 24.3 Å². The Morgan fingerprint density at radius 3 is 2.32 bits per heavy atom. The first-order valence-electron chi connectivity index (χ1n) is 7.53. The Labute approximate surface area is 129 Å². The molecule has 1 amide bonds. The quantitative estimate of drug-likeness (QED) is 0.842. The molecule has 0 radical (unpaired) electrons. The molecule has 0 N–H and O–H groups in total. The van der Waals surface area contributed by atoms with Gasteiger partial charge in [-0.25, -0.2) is 0 Å². The van der Waals surface area contributed by atoms with E-state index >= 15 is 0 Å². The maximum atomic E-state index is 12.2. The van der Waals surface area contributed by atoms with Gasteiger partial charge in [0.25, 0.3) is 5.91 Å². The van der Waals surface area contributed by atoms with Crippen molar-refractivity contribution in [2.45, 2.75) is 18.6 Å². The summed E-state index contributed by atoms with van der Waals surface area (Å²) < 4.78 is 21.9. The highest BCUT2D eigenvalue weighted by Crippen LogP contribution is 2.31. The van der Waals surface area contributed by atoms with Crippen molar-refractivity contribution in [1.82, 2.24) is 4.90 Å². The third-order valence-electron chi connectivity index (χ3n) is 4.11. The number of hydrogen-bond acceptors (Lipinski definition) is 5. The lowest BCUT2D eigenvalue weighted by Crippen LogP contribution is -2.48. The zero-order chi connectivity index (χ0) is 15.4. The van der Waals surface area contributed by atoms with E-state index < -0.39 is 5.79 Å². The van der Waals surface area contributed by atoms with Crippen molar-refractivity contribution in [1.29, 1.82) is 0 Å². The Hall–Kier alpha value is -1.79. The Bertz CT molecular complexity index is 500. The monoisotopic (exact) mass is 307 g/mol. The van der Waals surface area contributed by atoms with Crippen LogP contribution in [0.25, 0.3) is 0 Å². The summed E-state index contributed by atoms with van der Waals surface area (Å²) in [6.45, 7) is 2.62. The van der Waals surface area contributed by atoms with Gasteiger partial charge in [0.1, 0.15) is 11.5 Å². The molecular weight excluding hydrogens is 286 g/mol. The molecule has 6 nitrogen and oxygen atoms in total. The molecule has 1 spiro atoms. The number of likely N-dealkylation sites (tertiary alicyclic amines) is 1. The second kappa shape index (κ2) is 6.54. The summed E-state index contributed by atoms with van der Waals surface area (Å²) in [4.78, 5) is 14.0. The number of rotatable bonds is 4. The summed E-state index contributed by atoms with van der Waals surface area (Å²) in [6, 6.07) is 7.19. The standard InChI is InChI=1S/C16H21NO5/c1-19-13-2-4-14(5-3-13)20-12-15(18)17-8-6-16(7-9-17)21-10-11-22-16/h2-5H,6-12H2,1H3. The highest BCUT2D eigenvalue weighted by molar-refractivity contribution is 5.77. The number of carbonyl (C=O) groups is 1. The molecule has 6 heteroatoms. The van der Waals surface area contributed by atoms with Crippen molar-refractivity contribution in [2.24, 2.45) is 0 Å². The number of benzene rings is 1. The molecule has 0 aliphatic carbocycles. The van der Waals surface area contributed by atoms with Crippen LogP contribution in [0, 0.1) is 0 Å². The molecule has 0 unspecified atom stereocenters. The predicted molar refractivity (Wildman–Crippen MR) is 78.9 cm³/mol. The average Bonchev–Trinajstić information content (AvgIpc) is 3.02. The van der Waals surface area contributed by atoms with E-state index in [1.54, 1.807) is 36.3 Å². The van der Waals surface area contributed by atoms with Crippen LogP contribution >= 0.6 is 0 Å². The van der Waals surface area contributed by atoms with E-state index in [1.165, 1.54) is 0 Å². The SMILES string of the molecule is COc1ccc(OCC(=O)N2CCC3(CC2)OCCO3)cc1. The number of nitrogens with zero attached hydrogens (tertiary/aromatic N) is 1. The molecule has 2 saturated heterocycles. The van der Waals surface area contributed by atoms with Crippen LogP contribution < -0.4 is 9.47 Å². The lowest BCUT2D eigenvalue weighted by atomic mass is 10.0. The third-order valence-corrected chi connectivity index (χ3v) is 4.11. The number of carbonyl (C=O) groups excluding carboxylic acids is 1. The lowest BCUT2D eigenvalue weighted by Gasteiger charge is -2.37. The van der Waals surface area contributed by atoms with Gasteiger partial charge in [-0.15, -0.1) is 0 Å². The van der Waals surface area contributed by atoms with Crippen LogP contribution in [-0.4, -0.2) is 56.6 Å². The predicted octanol–water partition coefficient (Wildman–Crippen LogP) is 1.44. The molecular formula is C16H21NO5. The van der Waals surface area contributed by atoms with E-state index in [1.807, 2.05) is 0 Å². The lowest BCUT2D eigenvalue weighted by molar-refractivity contribution is -0.187. The Morgan fingerprint density at radius 1 is 1.14 bits per heavy atom. The van der Waals surface area contributed by atoms with Crippen LogP contribution in [0.3, 0.4) is 0 Å². The van der Waals surface area contributed by atoms with E-state index in [0.29, 0.717) is 32.1 Å². The summed E-state index contributed by atoms with van der Waals surface area (Å²) in [6.07, 6.45) is 1.45. The molecule has 0 aromatic heterocycles. The fourth-order valence-electron chi connectivity index (χ4n) is 2.79. The number of methoxy groups -OCH3 is 1. The second-order valence-corrected chi connectivity index (χ2v) is 5.45. The third kappa shape index (κ3) is 3.34. The van der Waals surface area contributed by atoms with Gasteiger partial charge >= 0.3 is 0 Å². The topological polar surface area (TPSA) is 57.2 Å². The Balaban J connectivity index is 1.46. The summed E-state index contributed by atoms with van der Waals surface area (Å²) in [7, 11) is 1.61. The van der Waals surface area contributed by atoms with Gasteiger partial charge < -0.3 is 23.8 Å². The zero-order valence-corrected chi connectivity index (χ0v) is 12.7. The van der Waals surface area contributed by atoms with Crippen LogP contribution in [0.1, 0.15) is 12.8 Å². The summed E-state index contributed by atoms with van der Waals surface area (Å²) in [5, 5.41) is 0. The van der Waals surface area contributed by atoms with Crippen LogP contribution in [0.4, 0.5) is 0 Å². The summed E-state index contributed by atoms with van der Waals surface area (Å²) >= 11 is 0. The van der Waals surface area contributed by atoms with Gasteiger partial charge in [-0.3, -0.25) is 4.79 Å². The second-order valence-electron chi connectivity index (χ2n) is 5.45. The summed E-state index contributed by atoms with van der Waals surface area (Å²) in [5.74, 6) is 0.957. The normalized spacial score (nSPS) is 20.1. The molecule has 0 bridgehead atoms. The maximum Gasteiger partial charge on any atom is 0.260 e. The van der Waals surface area contributed by atoms with E-state index in [-0.39, 0.29) is 12.5 Å². The molecule has 0 saturated carbocycles. The molecule has 1 aromatic carbocycles. The summed E-state index contributed by atoms with van der Waals surface area (Å²) in [5.41, 5.74) is 0. The van der Waals surface area contributed by atoms with Gasteiger partial charge in [0.05, 0.1) is 20.3 Å². The number of piperidine rings is 1. The molecule has 120 valence electrons. The van der Waals surface area contributed by atoms with Crippen molar-refractivity contribution in [3.63, 3.8) is 0 Å². The van der Waals surface area contributed by atoms with E-state index in [9.17, 15) is 4.79 Å². The van der Waals surface area contributed by atoms with Crippen molar-refractivity contribution < 1.29 is 23.7 Å². The van der Waals surface area contributed by atoms with Crippen molar-refractivity contribution in [3.8, 4) is 11.5 Å². The molecule has 2 aliphatic rings. The van der Waals surface area contributed by atoms with E-state index in [4.69, 9.17) is 18.9 Å². The van der Waals surface area contributed by atoms with Gasteiger partial charge in [0.15, 0.2) is 12.4 Å². The number of amides is 1. The highest BCUT2D eigenvalue weighted by Gasteiger charge is 2.40. The van der Waals surface area contributed by atoms with Gasteiger partial charge in [-0.2, -0.15) is 0 Å². The van der Waals surface area contributed by atoms with Crippen LogP contribution in [0.2, 0.25) is 0 Å². The first kappa shape index (κ1) is 15.1. The van der Waals surface area contributed by atoms with Crippen LogP contribution in [0.5, 0.6) is 11.5 Å². The minimum Gasteiger partial charge on any atom is -0.497 e. The zero-order valence-electron chi connectivity index (χ0n) is 12.7. The van der Waals surface area contributed by atoms with Gasteiger partial charge in [0, 0.05) is 25.9 Å². The molecule has 0 atom stereocenters. The van der Waals surface area contributed by atoms with Crippen LogP contribution in [0.15, 0.2) is 24.3 Å². The van der Waals surface area contributed by atoms with Crippen molar-refractivity contribution in [3.05, 3.63) is 24.3 Å². The number of hydrogen-bond donors (Lipinski definition) is 0. The molecule has 2 heterocycles. The smallest absolute Gasteiger partial charge is 0.260 e. The van der Waals surface area contributed by atoms with Gasteiger partial charge in [0.2, 0.25) is 0 Å². The first-order chi connectivity index (χ1) is 10.7. The van der Waals surface area contributed by atoms with Crippen LogP contribution in [-0.2, 0) is 14.3 Å². The van der Waals surface area contributed by atoms with E-state index in [2.05, 4.69) is 0 Å². The fraction of sp³-hybridized carbons (Fsp3) is 0.562. The molecule has 2 aliphatic heterocycles. The molecule has 2 fully saturated rings.